The monoisotopic (exact) mass is 254 g/mol. The number of nitrogens with two attached hydrogens (primary N) is 1. The van der Waals surface area contributed by atoms with Gasteiger partial charge in [-0.1, -0.05) is 12.1 Å². The first-order chi connectivity index (χ1) is 9.13. The summed E-state index contributed by atoms with van der Waals surface area (Å²) in [6, 6.07) is 11.7. The summed E-state index contributed by atoms with van der Waals surface area (Å²) in [5.41, 5.74) is 8.61. The third-order valence-electron chi connectivity index (χ3n) is 2.84. The van der Waals surface area contributed by atoms with Gasteiger partial charge in [0.25, 0.3) is 5.69 Å². The molecule has 19 heavy (non-hydrogen) atoms. The average Bonchev–Trinajstić information content (AvgIpc) is 2.81. The van der Waals surface area contributed by atoms with Crippen LogP contribution in [-0.4, -0.2) is 14.9 Å². The third kappa shape index (κ3) is 1.99. The van der Waals surface area contributed by atoms with Crippen molar-refractivity contribution in [1.29, 1.82) is 0 Å². The van der Waals surface area contributed by atoms with Crippen molar-refractivity contribution in [1.82, 2.24) is 9.97 Å². The Morgan fingerprint density at radius 2 is 2.05 bits per heavy atom. The number of non-ortho nitro benzene ring substituents is 1. The van der Waals surface area contributed by atoms with Gasteiger partial charge in [0.1, 0.15) is 5.82 Å². The van der Waals surface area contributed by atoms with E-state index < -0.39 is 4.92 Å². The van der Waals surface area contributed by atoms with Crippen LogP contribution in [0.15, 0.2) is 42.5 Å². The molecule has 1 heterocycles. The van der Waals surface area contributed by atoms with Gasteiger partial charge in [-0.2, -0.15) is 0 Å². The third-order valence-corrected chi connectivity index (χ3v) is 2.84. The smallest absolute Gasteiger partial charge is 0.270 e. The Morgan fingerprint density at radius 1 is 1.21 bits per heavy atom. The van der Waals surface area contributed by atoms with Gasteiger partial charge in [-0.05, 0) is 18.2 Å². The zero-order valence-electron chi connectivity index (χ0n) is 9.83. The number of nitro benzene ring substituents is 1. The van der Waals surface area contributed by atoms with Crippen LogP contribution in [-0.2, 0) is 0 Å². The van der Waals surface area contributed by atoms with Crippen LogP contribution in [0, 0.1) is 10.1 Å². The molecule has 3 aromatic rings. The summed E-state index contributed by atoms with van der Waals surface area (Å²) in [5.74, 6) is 0.587. The van der Waals surface area contributed by atoms with Gasteiger partial charge in [0.05, 0.1) is 16.0 Å². The van der Waals surface area contributed by atoms with Crippen LogP contribution in [0.25, 0.3) is 22.4 Å². The Balaban J connectivity index is 2.13. The quantitative estimate of drug-likeness (QED) is 0.417. The topological polar surface area (TPSA) is 97.8 Å². The Morgan fingerprint density at radius 3 is 2.84 bits per heavy atom. The fourth-order valence-corrected chi connectivity index (χ4v) is 1.93. The van der Waals surface area contributed by atoms with Gasteiger partial charge in [-0.25, -0.2) is 4.98 Å². The highest BCUT2D eigenvalue weighted by molar-refractivity contribution is 5.82. The lowest BCUT2D eigenvalue weighted by Crippen LogP contribution is -1.88. The molecular weight excluding hydrogens is 244 g/mol. The highest BCUT2D eigenvalue weighted by atomic mass is 16.6. The molecule has 6 nitrogen and oxygen atoms in total. The van der Waals surface area contributed by atoms with E-state index in [1.165, 1.54) is 12.1 Å². The number of nitro groups is 1. The van der Waals surface area contributed by atoms with Crippen molar-refractivity contribution in [2.75, 3.05) is 5.73 Å². The number of H-pyrrole nitrogens is 1. The second-order valence-electron chi connectivity index (χ2n) is 4.17. The number of aromatic nitrogens is 2. The molecule has 0 saturated carbocycles. The number of imidazole rings is 1. The van der Waals surface area contributed by atoms with Crippen LogP contribution in [0.2, 0.25) is 0 Å². The van der Waals surface area contributed by atoms with E-state index in [1.807, 2.05) is 6.07 Å². The number of fused-ring (bicyclic) bond motifs is 1. The molecule has 3 N–H and O–H groups in total. The lowest BCUT2D eigenvalue weighted by atomic mass is 10.2. The van der Waals surface area contributed by atoms with Gasteiger partial charge >= 0.3 is 0 Å². The van der Waals surface area contributed by atoms with E-state index in [-0.39, 0.29) is 5.69 Å². The van der Waals surface area contributed by atoms with Crippen molar-refractivity contribution in [3.05, 3.63) is 52.6 Å². The lowest BCUT2D eigenvalue weighted by Gasteiger charge is -1.96. The molecule has 0 aliphatic carbocycles. The van der Waals surface area contributed by atoms with Crippen LogP contribution >= 0.6 is 0 Å². The largest absolute Gasteiger partial charge is 0.399 e. The van der Waals surface area contributed by atoms with Crippen molar-refractivity contribution in [2.45, 2.75) is 0 Å². The molecular formula is C13H10N4O2. The second kappa shape index (κ2) is 4.09. The molecule has 0 bridgehead atoms. The van der Waals surface area contributed by atoms with Crippen molar-refractivity contribution in [3.63, 3.8) is 0 Å². The fourth-order valence-electron chi connectivity index (χ4n) is 1.93. The van der Waals surface area contributed by atoms with Crippen LogP contribution in [0.3, 0.4) is 0 Å². The molecule has 3 rings (SSSR count). The van der Waals surface area contributed by atoms with E-state index in [0.29, 0.717) is 17.1 Å². The average molecular weight is 254 g/mol. The number of benzene rings is 2. The van der Waals surface area contributed by atoms with Crippen molar-refractivity contribution >= 4 is 22.4 Å². The van der Waals surface area contributed by atoms with E-state index in [1.54, 1.807) is 24.3 Å². The summed E-state index contributed by atoms with van der Waals surface area (Å²) in [5, 5.41) is 10.8. The molecule has 94 valence electrons. The standard InChI is InChI=1S/C13H10N4O2/c14-9-4-5-11-12(7-9)16-13(15-11)8-2-1-3-10(6-8)17(18)19/h1-7H,14H2,(H,15,16). The van der Waals surface area contributed by atoms with Gasteiger partial charge in [-0.3, -0.25) is 10.1 Å². The fraction of sp³-hybridized carbons (Fsp3) is 0. The molecule has 0 atom stereocenters. The molecule has 2 aromatic carbocycles. The summed E-state index contributed by atoms with van der Waals surface area (Å²) in [6.07, 6.45) is 0. The maximum atomic E-state index is 10.8. The zero-order chi connectivity index (χ0) is 13.4. The molecule has 0 aliphatic heterocycles. The molecule has 6 heteroatoms. The van der Waals surface area contributed by atoms with Crippen molar-refractivity contribution in [3.8, 4) is 11.4 Å². The Bertz CT molecular complexity index is 779. The summed E-state index contributed by atoms with van der Waals surface area (Å²) in [6.45, 7) is 0. The SMILES string of the molecule is Nc1ccc2[nH]c(-c3cccc([N+](=O)[O-])c3)nc2c1. The number of hydrogen-bond donors (Lipinski definition) is 2. The van der Waals surface area contributed by atoms with Crippen LogP contribution < -0.4 is 5.73 Å². The number of nitrogen functional groups attached to an aromatic ring is 1. The number of rotatable bonds is 2. The molecule has 0 unspecified atom stereocenters. The summed E-state index contributed by atoms with van der Waals surface area (Å²) in [7, 11) is 0. The first kappa shape index (κ1) is 11.2. The first-order valence-corrected chi connectivity index (χ1v) is 5.63. The highest BCUT2D eigenvalue weighted by Crippen LogP contribution is 2.24. The maximum absolute atomic E-state index is 10.8. The molecule has 0 radical (unpaired) electrons. The lowest BCUT2D eigenvalue weighted by molar-refractivity contribution is -0.384. The van der Waals surface area contributed by atoms with E-state index >= 15 is 0 Å². The van der Waals surface area contributed by atoms with E-state index in [9.17, 15) is 10.1 Å². The minimum Gasteiger partial charge on any atom is -0.399 e. The normalized spacial score (nSPS) is 10.7. The number of nitrogens with one attached hydrogen (secondary N) is 1. The number of aromatic amines is 1. The minimum atomic E-state index is -0.426. The summed E-state index contributed by atoms with van der Waals surface area (Å²) in [4.78, 5) is 17.8. The van der Waals surface area contributed by atoms with Gasteiger partial charge in [0.15, 0.2) is 0 Å². The van der Waals surface area contributed by atoms with Crippen molar-refractivity contribution in [2.24, 2.45) is 0 Å². The predicted molar refractivity (Wildman–Crippen MR) is 72.6 cm³/mol. The van der Waals surface area contributed by atoms with Crippen LogP contribution in [0.1, 0.15) is 0 Å². The summed E-state index contributed by atoms with van der Waals surface area (Å²) >= 11 is 0. The Hall–Kier alpha value is -2.89. The molecule has 0 amide bonds. The number of nitrogens with zero attached hydrogens (tertiary/aromatic N) is 2. The van der Waals surface area contributed by atoms with Gasteiger partial charge in [-0.15, -0.1) is 0 Å². The molecule has 0 spiro atoms. The molecule has 0 saturated heterocycles. The summed E-state index contributed by atoms with van der Waals surface area (Å²) < 4.78 is 0. The first-order valence-electron chi connectivity index (χ1n) is 5.63. The van der Waals surface area contributed by atoms with Gasteiger partial charge < -0.3 is 10.7 Å². The number of hydrogen-bond acceptors (Lipinski definition) is 4. The van der Waals surface area contributed by atoms with Gasteiger partial charge in [0.2, 0.25) is 0 Å². The predicted octanol–water partition coefficient (Wildman–Crippen LogP) is 2.72. The Kier molecular flexibility index (Phi) is 2.42. The zero-order valence-corrected chi connectivity index (χ0v) is 9.83. The Labute approximate surface area is 108 Å². The maximum Gasteiger partial charge on any atom is 0.270 e. The van der Waals surface area contributed by atoms with E-state index in [0.717, 1.165) is 11.0 Å². The van der Waals surface area contributed by atoms with Crippen LogP contribution in [0.4, 0.5) is 11.4 Å². The molecule has 0 aliphatic rings. The highest BCUT2D eigenvalue weighted by Gasteiger charge is 2.10. The van der Waals surface area contributed by atoms with Gasteiger partial charge in [0, 0.05) is 23.4 Å². The van der Waals surface area contributed by atoms with Crippen molar-refractivity contribution < 1.29 is 4.92 Å². The minimum absolute atomic E-state index is 0.0393. The molecule has 1 aromatic heterocycles. The molecule has 0 fully saturated rings. The van der Waals surface area contributed by atoms with E-state index in [2.05, 4.69) is 9.97 Å². The second-order valence-corrected chi connectivity index (χ2v) is 4.17. The number of anilines is 1. The van der Waals surface area contributed by atoms with E-state index in [4.69, 9.17) is 5.73 Å². The van der Waals surface area contributed by atoms with Crippen LogP contribution in [0.5, 0.6) is 0 Å².